The Morgan fingerprint density at radius 2 is 1.90 bits per heavy atom. The minimum atomic E-state index is -0.477. The lowest BCUT2D eigenvalue weighted by Crippen LogP contribution is -3.10. The molecule has 0 aliphatic carbocycles. The van der Waals surface area contributed by atoms with Gasteiger partial charge in [0.05, 0.1) is 17.0 Å². The Labute approximate surface area is 180 Å². The lowest BCUT2D eigenvalue weighted by atomic mass is 10.0. The Morgan fingerprint density at radius 1 is 1.13 bits per heavy atom. The molecule has 0 bridgehead atoms. The molecule has 5 nitrogen and oxygen atoms in total. The predicted molar refractivity (Wildman–Crippen MR) is 120 cm³/mol. The van der Waals surface area contributed by atoms with Gasteiger partial charge >= 0.3 is 0 Å². The van der Waals surface area contributed by atoms with E-state index in [0.29, 0.717) is 16.1 Å². The average Bonchev–Trinajstić information content (AvgIpc) is 3.05. The number of benzene rings is 2. The topological polar surface area (TPSA) is 76.6 Å². The second kappa shape index (κ2) is 8.42. The van der Waals surface area contributed by atoms with Crippen LogP contribution >= 0.6 is 11.3 Å². The first-order chi connectivity index (χ1) is 14.4. The third kappa shape index (κ3) is 4.15. The summed E-state index contributed by atoms with van der Waals surface area (Å²) in [5.41, 5.74) is 11.1. The summed E-state index contributed by atoms with van der Waals surface area (Å²) in [5.74, 6) is -0.683. The van der Waals surface area contributed by atoms with Gasteiger partial charge in [0.25, 0.3) is 11.8 Å². The molecule has 154 valence electrons. The summed E-state index contributed by atoms with van der Waals surface area (Å²) in [4.78, 5) is 27.7. The molecule has 2 amide bonds. The second-order valence-electron chi connectivity index (χ2n) is 7.93. The highest BCUT2D eigenvalue weighted by Crippen LogP contribution is 2.35. The Balaban J connectivity index is 1.58. The van der Waals surface area contributed by atoms with E-state index in [1.807, 2.05) is 38.1 Å². The first kappa shape index (κ1) is 20.3. The fourth-order valence-electron chi connectivity index (χ4n) is 4.16. The maximum absolute atomic E-state index is 12.9. The molecule has 1 aliphatic rings. The molecule has 1 aliphatic heterocycles. The van der Waals surface area contributed by atoms with Crippen molar-refractivity contribution in [1.29, 1.82) is 0 Å². The largest absolute Gasteiger partial charge is 0.365 e. The predicted octanol–water partition coefficient (Wildman–Crippen LogP) is 2.86. The number of carbonyl (C=O) groups is 2. The van der Waals surface area contributed by atoms with Crippen LogP contribution in [0.5, 0.6) is 0 Å². The van der Waals surface area contributed by atoms with E-state index in [1.165, 1.54) is 21.8 Å². The maximum atomic E-state index is 12.9. The van der Waals surface area contributed by atoms with Gasteiger partial charge in [0.15, 0.2) is 0 Å². The van der Waals surface area contributed by atoms with E-state index in [-0.39, 0.29) is 5.91 Å². The van der Waals surface area contributed by atoms with Crippen molar-refractivity contribution < 1.29 is 14.5 Å². The van der Waals surface area contributed by atoms with E-state index < -0.39 is 5.91 Å². The van der Waals surface area contributed by atoms with E-state index >= 15 is 0 Å². The van der Waals surface area contributed by atoms with Crippen LogP contribution in [0.2, 0.25) is 0 Å². The number of nitrogens with one attached hydrogen (secondary N) is 2. The molecule has 0 spiro atoms. The summed E-state index contributed by atoms with van der Waals surface area (Å²) < 4.78 is 0. The number of thiophene rings is 1. The number of amides is 2. The number of fused-ring (bicyclic) bond motifs is 1. The number of aryl methyl sites for hydroxylation is 2. The quantitative estimate of drug-likeness (QED) is 0.594. The third-order valence-electron chi connectivity index (χ3n) is 5.63. The molecule has 0 radical (unpaired) electrons. The molecular formula is C24H26N3O2S+. The highest BCUT2D eigenvalue weighted by molar-refractivity contribution is 7.17. The van der Waals surface area contributed by atoms with Gasteiger partial charge in [-0.25, -0.2) is 0 Å². The molecular weight excluding hydrogens is 394 g/mol. The molecule has 0 saturated heterocycles. The molecule has 0 fully saturated rings. The number of anilines is 1. The minimum absolute atomic E-state index is 0.206. The summed E-state index contributed by atoms with van der Waals surface area (Å²) in [6.45, 7) is 6.62. The average molecular weight is 421 g/mol. The summed E-state index contributed by atoms with van der Waals surface area (Å²) in [7, 11) is 0. The smallest absolute Gasteiger partial charge is 0.256 e. The summed E-state index contributed by atoms with van der Waals surface area (Å²) in [6.07, 6.45) is 0.783. The van der Waals surface area contributed by atoms with Crippen molar-refractivity contribution >= 4 is 28.2 Å². The third-order valence-corrected chi connectivity index (χ3v) is 6.77. The number of nitrogens with two attached hydrogens (primary N) is 1. The fraction of sp³-hybridized carbons (Fsp3) is 0.250. The standard InChI is InChI=1S/C24H25N3O2S/c1-15-8-9-18(16(2)12-15)23(29)26-24-21(22(25)28)19-10-11-27(14-20(19)30-24)13-17-6-4-3-5-7-17/h3-9,12H,10-11,13-14H2,1-2H3,(H2,25,28)(H,26,29)/p+1. The molecule has 3 aromatic rings. The SMILES string of the molecule is Cc1ccc(C(=O)Nc2sc3c(c2C(N)=O)CC[NH+](Cc2ccccc2)C3)c(C)c1. The summed E-state index contributed by atoms with van der Waals surface area (Å²) in [6, 6.07) is 16.1. The molecule has 0 saturated carbocycles. The molecule has 4 rings (SSSR count). The molecule has 1 aromatic heterocycles. The molecule has 2 aromatic carbocycles. The van der Waals surface area contributed by atoms with Gasteiger partial charge in [0.2, 0.25) is 0 Å². The van der Waals surface area contributed by atoms with Crippen molar-refractivity contribution in [2.45, 2.75) is 33.4 Å². The first-order valence-corrected chi connectivity index (χ1v) is 10.9. The van der Waals surface area contributed by atoms with Crippen molar-refractivity contribution in [3.63, 3.8) is 0 Å². The minimum Gasteiger partial charge on any atom is -0.365 e. The Bertz CT molecular complexity index is 1110. The van der Waals surface area contributed by atoms with Crippen LogP contribution in [0.25, 0.3) is 0 Å². The number of rotatable bonds is 5. The Morgan fingerprint density at radius 3 is 2.60 bits per heavy atom. The maximum Gasteiger partial charge on any atom is 0.256 e. The molecule has 30 heavy (non-hydrogen) atoms. The summed E-state index contributed by atoms with van der Waals surface area (Å²) in [5, 5.41) is 3.53. The second-order valence-corrected chi connectivity index (χ2v) is 9.04. The van der Waals surface area contributed by atoms with E-state index in [4.69, 9.17) is 5.73 Å². The molecule has 4 N–H and O–H groups in total. The molecule has 1 unspecified atom stereocenters. The van der Waals surface area contributed by atoms with Crippen LogP contribution < -0.4 is 16.0 Å². The van der Waals surface area contributed by atoms with E-state index in [1.54, 1.807) is 0 Å². The number of primary amides is 1. The first-order valence-electron chi connectivity index (χ1n) is 10.1. The van der Waals surface area contributed by atoms with Gasteiger partial charge in [-0.15, -0.1) is 11.3 Å². The van der Waals surface area contributed by atoms with E-state index in [2.05, 4.69) is 29.6 Å². The van der Waals surface area contributed by atoms with Gasteiger partial charge in [-0.1, -0.05) is 48.0 Å². The summed E-state index contributed by atoms with van der Waals surface area (Å²) >= 11 is 1.48. The normalized spacial score (nSPS) is 15.5. The van der Waals surface area contributed by atoms with Gasteiger partial charge in [-0.05, 0) is 31.0 Å². The van der Waals surface area contributed by atoms with Crippen LogP contribution in [-0.2, 0) is 19.5 Å². The van der Waals surface area contributed by atoms with Gasteiger partial charge in [-0.2, -0.15) is 0 Å². The number of quaternary nitrogens is 1. The van der Waals surface area contributed by atoms with Gasteiger partial charge < -0.3 is 16.0 Å². The van der Waals surface area contributed by atoms with Gasteiger partial charge in [-0.3, -0.25) is 9.59 Å². The van der Waals surface area contributed by atoms with Crippen molar-refractivity contribution in [3.8, 4) is 0 Å². The lowest BCUT2D eigenvalue weighted by Gasteiger charge is -2.24. The number of hydrogen-bond donors (Lipinski definition) is 3. The molecule has 1 atom stereocenters. The monoisotopic (exact) mass is 420 g/mol. The fourth-order valence-corrected chi connectivity index (χ4v) is 5.48. The van der Waals surface area contributed by atoms with Crippen LogP contribution in [0.3, 0.4) is 0 Å². The number of carbonyl (C=O) groups excluding carboxylic acids is 2. The van der Waals surface area contributed by atoms with Crippen molar-refractivity contribution in [2.24, 2.45) is 5.73 Å². The van der Waals surface area contributed by atoms with Crippen LogP contribution in [0.1, 0.15) is 47.8 Å². The zero-order valence-electron chi connectivity index (χ0n) is 17.2. The highest BCUT2D eigenvalue weighted by atomic mass is 32.1. The molecule has 6 heteroatoms. The highest BCUT2D eigenvalue weighted by Gasteiger charge is 2.30. The molecule has 2 heterocycles. The zero-order valence-corrected chi connectivity index (χ0v) is 18.1. The Kier molecular flexibility index (Phi) is 5.70. The lowest BCUT2D eigenvalue weighted by molar-refractivity contribution is -0.929. The van der Waals surface area contributed by atoms with Crippen molar-refractivity contribution in [2.75, 3.05) is 11.9 Å². The van der Waals surface area contributed by atoms with Crippen LogP contribution in [0, 0.1) is 13.8 Å². The van der Waals surface area contributed by atoms with E-state index in [9.17, 15) is 9.59 Å². The van der Waals surface area contributed by atoms with Crippen LogP contribution in [0.15, 0.2) is 48.5 Å². The van der Waals surface area contributed by atoms with Gasteiger partial charge in [0, 0.05) is 17.5 Å². The van der Waals surface area contributed by atoms with Crippen molar-refractivity contribution in [3.05, 3.63) is 86.8 Å². The van der Waals surface area contributed by atoms with Crippen LogP contribution in [0.4, 0.5) is 5.00 Å². The zero-order chi connectivity index (χ0) is 21.3. The Hall–Kier alpha value is -2.96. The van der Waals surface area contributed by atoms with Crippen molar-refractivity contribution in [1.82, 2.24) is 0 Å². The number of hydrogen-bond acceptors (Lipinski definition) is 3. The van der Waals surface area contributed by atoms with Crippen LogP contribution in [-0.4, -0.2) is 18.4 Å². The van der Waals surface area contributed by atoms with Gasteiger partial charge in [0.1, 0.15) is 18.1 Å². The van der Waals surface area contributed by atoms with E-state index in [0.717, 1.165) is 47.6 Å².